The van der Waals surface area contributed by atoms with E-state index in [1.54, 1.807) is 11.3 Å². The lowest BCUT2D eigenvalue weighted by Crippen LogP contribution is -1.94. The summed E-state index contributed by atoms with van der Waals surface area (Å²) in [5, 5.41) is 7.50. The fourth-order valence-corrected chi connectivity index (χ4v) is 9.29. The van der Waals surface area contributed by atoms with E-state index in [0.717, 1.165) is 10.4 Å². The summed E-state index contributed by atoms with van der Waals surface area (Å²) in [7, 11) is 0. The van der Waals surface area contributed by atoms with Gasteiger partial charge in [-0.25, -0.2) is 4.85 Å². The first-order chi connectivity index (χ1) is 21.1. The van der Waals surface area contributed by atoms with Gasteiger partial charge in [-0.1, -0.05) is 77.9 Å². The highest BCUT2D eigenvalue weighted by Gasteiger charge is 2.21. The van der Waals surface area contributed by atoms with Crippen LogP contribution in [0.15, 0.2) is 109 Å². The zero-order chi connectivity index (χ0) is 28.8. The first-order valence-corrected chi connectivity index (χ1v) is 16.0. The number of hydrogen-bond donors (Lipinski definition) is 0. The summed E-state index contributed by atoms with van der Waals surface area (Å²) >= 11 is 3.59. The largest absolute Gasteiger partial charge is 0.308 e. The summed E-state index contributed by atoms with van der Waals surface area (Å²) in [5.41, 5.74) is 9.21. The van der Waals surface area contributed by atoms with Crippen molar-refractivity contribution in [1.82, 2.24) is 4.57 Å². The molecular formula is C39H24N2S2. The summed E-state index contributed by atoms with van der Waals surface area (Å²) < 4.78 is 7.27. The molecule has 0 atom stereocenters. The molecule has 0 spiro atoms. The Balaban J connectivity index is 1.42. The van der Waals surface area contributed by atoms with Crippen LogP contribution >= 0.6 is 22.7 Å². The van der Waals surface area contributed by atoms with Crippen molar-refractivity contribution in [1.29, 1.82) is 0 Å². The number of hydrogen-bond acceptors (Lipinski definition) is 2. The van der Waals surface area contributed by atoms with Gasteiger partial charge in [0, 0.05) is 41.0 Å². The summed E-state index contributed by atoms with van der Waals surface area (Å²) in [6.07, 6.45) is 0. The molecule has 202 valence electrons. The van der Waals surface area contributed by atoms with Crippen LogP contribution in [0, 0.1) is 20.4 Å². The Morgan fingerprint density at radius 1 is 0.558 bits per heavy atom. The average Bonchev–Trinajstić information content (AvgIpc) is 3.70. The maximum Gasteiger partial charge on any atom is 0.204 e. The van der Waals surface area contributed by atoms with Gasteiger partial charge < -0.3 is 4.57 Å². The first-order valence-electron chi connectivity index (χ1n) is 14.4. The summed E-state index contributed by atoms with van der Waals surface area (Å²) in [5.74, 6) is 0. The molecule has 0 bridgehead atoms. The molecule has 0 N–H and O–H groups in total. The van der Waals surface area contributed by atoms with Crippen LogP contribution in [0.2, 0.25) is 0 Å². The minimum absolute atomic E-state index is 0.710. The van der Waals surface area contributed by atoms with Gasteiger partial charge in [0.15, 0.2) is 0 Å². The van der Waals surface area contributed by atoms with Crippen molar-refractivity contribution in [2.45, 2.75) is 13.8 Å². The van der Waals surface area contributed by atoms with E-state index in [-0.39, 0.29) is 0 Å². The minimum Gasteiger partial charge on any atom is -0.308 e. The van der Waals surface area contributed by atoms with E-state index < -0.39 is 0 Å². The molecule has 0 saturated heterocycles. The number of nitrogens with zero attached hydrogens (tertiary/aromatic N) is 2. The Morgan fingerprint density at radius 2 is 1.23 bits per heavy atom. The van der Waals surface area contributed by atoms with Crippen molar-refractivity contribution < 1.29 is 0 Å². The molecule has 9 rings (SSSR count). The molecule has 0 saturated carbocycles. The maximum atomic E-state index is 8.07. The lowest BCUT2D eigenvalue weighted by molar-refractivity contribution is 1.20. The van der Waals surface area contributed by atoms with Crippen LogP contribution in [0.5, 0.6) is 0 Å². The van der Waals surface area contributed by atoms with Crippen molar-refractivity contribution >= 4 is 90.5 Å². The van der Waals surface area contributed by atoms with E-state index in [1.807, 2.05) is 17.4 Å². The third kappa shape index (κ3) is 3.44. The number of rotatable bonds is 2. The van der Waals surface area contributed by atoms with Crippen LogP contribution in [0.3, 0.4) is 0 Å². The third-order valence-corrected chi connectivity index (χ3v) is 11.1. The van der Waals surface area contributed by atoms with E-state index in [0.29, 0.717) is 5.69 Å². The maximum absolute atomic E-state index is 8.07. The van der Waals surface area contributed by atoms with Crippen LogP contribution in [-0.4, -0.2) is 4.57 Å². The van der Waals surface area contributed by atoms with E-state index in [4.69, 9.17) is 6.57 Å². The summed E-state index contributed by atoms with van der Waals surface area (Å²) in [6.45, 7) is 12.4. The smallest absolute Gasteiger partial charge is 0.204 e. The highest BCUT2D eigenvalue weighted by Crippen LogP contribution is 2.49. The number of aryl methyl sites for hydroxylation is 2. The van der Waals surface area contributed by atoms with E-state index in [2.05, 4.69) is 126 Å². The van der Waals surface area contributed by atoms with Gasteiger partial charge in [-0.15, -0.1) is 22.7 Å². The molecule has 3 aromatic heterocycles. The molecule has 2 nitrogen and oxygen atoms in total. The molecule has 0 fully saturated rings. The molecule has 0 amide bonds. The zero-order valence-corrected chi connectivity index (χ0v) is 25.2. The number of benzene rings is 6. The Bertz CT molecular complexity index is 2600. The second kappa shape index (κ2) is 9.02. The van der Waals surface area contributed by atoms with Gasteiger partial charge >= 0.3 is 0 Å². The van der Waals surface area contributed by atoms with Crippen LogP contribution in [0.1, 0.15) is 11.1 Å². The summed E-state index contributed by atoms with van der Waals surface area (Å²) in [4.78, 5) is 4.00. The Hall–Kier alpha value is -4.95. The molecule has 4 heteroatoms. The lowest BCUT2D eigenvalue weighted by atomic mass is 9.95. The van der Waals surface area contributed by atoms with Crippen molar-refractivity contribution in [3.63, 3.8) is 0 Å². The Morgan fingerprint density at radius 3 is 2.00 bits per heavy atom. The van der Waals surface area contributed by atoms with Crippen LogP contribution in [0.4, 0.5) is 5.69 Å². The highest BCUT2D eigenvalue weighted by molar-refractivity contribution is 7.27. The van der Waals surface area contributed by atoms with Crippen molar-refractivity contribution in [2.75, 3.05) is 0 Å². The van der Waals surface area contributed by atoms with E-state index >= 15 is 0 Å². The van der Waals surface area contributed by atoms with Gasteiger partial charge in [0.2, 0.25) is 5.69 Å². The molecule has 43 heavy (non-hydrogen) atoms. The fourth-order valence-electron chi connectivity index (χ4n) is 6.87. The van der Waals surface area contributed by atoms with Crippen LogP contribution in [0.25, 0.3) is 83.8 Å². The second-order valence-corrected chi connectivity index (χ2v) is 13.5. The molecule has 0 aliphatic rings. The lowest BCUT2D eigenvalue weighted by Gasteiger charge is -2.11. The Labute approximate surface area is 256 Å². The number of aromatic nitrogens is 1. The highest BCUT2D eigenvalue weighted by atomic mass is 32.1. The van der Waals surface area contributed by atoms with Crippen LogP contribution in [-0.2, 0) is 0 Å². The second-order valence-electron chi connectivity index (χ2n) is 11.4. The third-order valence-electron chi connectivity index (χ3n) is 8.73. The van der Waals surface area contributed by atoms with Crippen molar-refractivity contribution in [3.05, 3.63) is 132 Å². The average molecular weight is 585 g/mol. The predicted molar refractivity (Wildman–Crippen MR) is 188 cm³/mol. The topological polar surface area (TPSA) is 9.29 Å². The Kier molecular flexibility index (Phi) is 5.17. The SMILES string of the molecule is [C-]#[N+]c1ccc(-c2cccc3sc4ccccc4c23)c2c1sc1c(-n3c4ccc(C)cc4c4cc(C)ccc43)cccc12. The molecule has 0 unspecified atom stereocenters. The van der Waals surface area contributed by atoms with Gasteiger partial charge in [-0.05, 0) is 72.8 Å². The molecule has 6 aromatic carbocycles. The monoisotopic (exact) mass is 584 g/mol. The molecule has 0 aliphatic heterocycles. The molecule has 9 aromatic rings. The molecule has 0 aliphatic carbocycles. The van der Waals surface area contributed by atoms with Crippen molar-refractivity contribution in [3.8, 4) is 16.8 Å². The normalized spacial score (nSPS) is 11.9. The minimum atomic E-state index is 0.710. The van der Waals surface area contributed by atoms with Gasteiger partial charge in [-0.3, -0.25) is 0 Å². The van der Waals surface area contributed by atoms with Crippen molar-refractivity contribution in [2.24, 2.45) is 0 Å². The van der Waals surface area contributed by atoms with Gasteiger partial charge in [0.25, 0.3) is 0 Å². The fraction of sp³-hybridized carbons (Fsp3) is 0.0513. The number of fused-ring (bicyclic) bond motifs is 9. The van der Waals surface area contributed by atoms with Gasteiger partial charge in [0.05, 0.1) is 28.0 Å². The standard InChI is InChI=1S/C39H24N2S2/c1-22-14-18-31-28(20-22)29-21-23(2)15-19-32(29)41(31)33-11-6-10-27-37-25(16-17-30(40-3)39(37)43-38(27)33)24-9-7-13-35-36(24)26-8-4-5-12-34(26)42-35/h4-21H,1-2H3. The van der Waals surface area contributed by atoms with Gasteiger partial charge in [-0.2, -0.15) is 0 Å². The molecule has 0 radical (unpaired) electrons. The summed E-state index contributed by atoms with van der Waals surface area (Å²) in [6, 6.07) is 39.7. The number of thiophene rings is 2. The first kappa shape index (κ1) is 24.6. The molecule has 3 heterocycles. The van der Waals surface area contributed by atoms with Crippen LogP contribution < -0.4 is 0 Å². The predicted octanol–water partition coefficient (Wildman–Crippen LogP) is 12.4. The quantitative estimate of drug-likeness (QED) is 0.179. The van der Waals surface area contributed by atoms with Gasteiger partial charge in [0.1, 0.15) is 0 Å². The zero-order valence-electron chi connectivity index (χ0n) is 23.6. The van der Waals surface area contributed by atoms with E-state index in [1.165, 1.54) is 79.7 Å². The van der Waals surface area contributed by atoms with E-state index in [9.17, 15) is 0 Å². The molecular weight excluding hydrogens is 561 g/mol.